The van der Waals surface area contributed by atoms with Crippen molar-refractivity contribution in [3.8, 4) is 0 Å². The van der Waals surface area contributed by atoms with Crippen LogP contribution in [0.3, 0.4) is 0 Å². The predicted molar refractivity (Wildman–Crippen MR) is 108 cm³/mol. The van der Waals surface area contributed by atoms with E-state index < -0.39 is 5.82 Å². The van der Waals surface area contributed by atoms with Crippen LogP contribution in [0.25, 0.3) is 0 Å². The molecule has 1 fully saturated rings. The third kappa shape index (κ3) is 4.92. The second kappa shape index (κ2) is 8.92. The molecule has 2 heterocycles. The average Bonchev–Trinajstić information content (AvgIpc) is 2.71. The molecule has 0 saturated carbocycles. The molecule has 1 saturated heterocycles. The van der Waals surface area contributed by atoms with Crippen molar-refractivity contribution in [2.45, 2.75) is 12.8 Å². The van der Waals surface area contributed by atoms with Gasteiger partial charge in [0.25, 0.3) is 0 Å². The first-order valence-corrected chi connectivity index (χ1v) is 9.55. The molecule has 7 nitrogen and oxygen atoms in total. The van der Waals surface area contributed by atoms with Crippen LogP contribution in [0.2, 0.25) is 0 Å². The molecule has 3 N–H and O–H groups in total. The topological polar surface area (TPSA) is 98.2 Å². The highest BCUT2D eigenvalue weighted by Crippen LogP contribution is 2.22. The van der Waals surface area contributed by atoms with E-state index in [0.29, 0.717) is 37.4 Å². The number of pyridine rings is 1. The van der Waals surface area contributed by atoms with Gasteiger partial charge in [-0.05, 0) is 59.1 Å². The number of hydrogen-bond acceptors (Lipinski definition) is 4. The van der Waals surface area contributed by atoms with Crippen LogP contribution in [0.1, 0.15) is 12.8 Å². The number of amides is 2. The SMILES string of the molecule is N=C(Nc1ccc(F)c(Br)c1)C(=O)C1CCN(C(=O)Nc2ccccn2)CC1. The Morgan fingerprint density at radius 3 is 2.57 bits per heavy atom. The molecule has 9 heteroatoms. The summed E-state index contributed by atoms with van der Waals surface area (Å²) in [6.45, 7) is 0.842. The Hall–Kier alpha value is -2.81. The molecule has 1 aromatic carbocycles. The van der Waals surface area contributed by atoms with Crippen LogP contribution in [0.15, 0.2) is 47.1 Å². The van der Waals surface area contributed by atoms with Gasteiger partial charge in [0, 0.05) is 30.9 Å². The fourth-order valence-electron chi connectivity index (χ4n) is 2.95. The highest BCUT2D eigenvalue weighted by atomic mass is 79.9. The van der Waals surface area contributed by atoms with Gasteiger partial charge in [0.15, 0.2) is 5.84 Å². The Morgan fingerprint density at radius 1 is 1.18 bits per heavy atom. The lowest BCUT2D eigenvalue weighted by atomic mass is 9.92. The van der Waals surface area contributed by atoms with Gasteiger partial charge >= 0.3 is 6.03 Å². The van der Waals surface area contributed by atoms with Crippen LogP contribution < -0.4 is 10.6 Å². The first kappa shape index (κ1) is 19.9. The highest BCUT2D eigenvalue weighted by molar-refractivity contribution is 9.10. The number of piperidine rings is 1. The van der Waals surface area contributed by atoms with Crippen molar-refractivity contribution in [3.63, 3.8) is 0 Å². The first-order chi connectivity index (χ1) is 13.4. The summed E-state index contributed by atoms with van der Waals surface area (Å²) in [5.41, 5.74) is 0.457. The van der Waals surface area contributed by atoms with Crippen LogP contribution in [-0.2, 0) is 4.79 Å². The second-order valence-corrected chi connectivity index (χ2v) is 7.25. The fraction of sp³-hybridized carbons (Fsp3) is 0.263. The molecular formula is C19H19BrFN5O2. The Morgan fingerprint density at radius 2 is 1.93 bits per heavy atom. The minimum absolute atomic E-state index is 0.241. The van der Waals surface area contributed by atoms with Crippen LogP contribution >= 0.6 is 15.9 Å². The van der Waals surface area contributed by atoms with Gasteiger partial charge in [0.1, 0.15) is 11.6 Å². The zero-order valence-electron chi connectivity index (χ0n) is 14.9. The van der Waals surface area contributed by atoms with E-state index in [4.69, 9.17) is 5.41 Å². The molecule has 28 heavy (non-hydrogen) atoms. The van der Waals surface area contributed by atoms with E-state index in [2.05, 4.69) is 31.5 Å². The normalized spacial score (nSPS) is 14.4. The molecule has 0 unspecified atom stereocenters. The number of hydrogen-bond donors (Lipinski definition) is 3. The molecule has 2 aromatic rings. The number of likely N-dealkylation sites (tertiary alicyclic amines) is 1. The number of carbonyl (C=O) groups is 2. The minimum atomic E-state index is -0.417. The molecule has 2 amide bonds. The second-order valence-electron chi connectivity index (χ2n) is 6.40. The predicted octanol–water partition coefficient (Wildman–Crippen LogP) is 3.89. The van der Waals surface area contributed by atoms with Gasteiger partial charge in [0.05, 0.1) is 4.47 Å². The summed E-state index contributed by atoms with van der Waals surface area (Å²) in [5.74, 6) is -0.829. The number of rotatable bonds is 4. The number of aromatic nitrogens is 1. The lowest BCUT2D eigenvalue weighted by Gasteiger charge is -2.31. The van der Waals surface area contributed by atoms with E-state index in [9.17, 15) is 14.0 Å². The van der Waals surface area contributed by atoms with E-state index in [1.54, 1.807) is 29.3 Å². The van der Waals surface area contributed by atoms with Gasteiger partial charge in [-0.1, -0.05) is 6.07 Å². The Kier molecular flexibility index (Phi) is 6.35. The fourth-order valence-corrected chi connectivity index (χ4v) is 3.33. The number of benzene rings is 1. The maximum Gasteiger partial charge on any atom is 0.323 e. The highest BCUT2D eigenvalue weighted by Gasteiger charge is 2.29. The van der Waals surface area contributed by atoms with Crippen LogP contribution in [0.5, 0.6) is 0 Å². The lowest BCUT2D eigenvalue weighted by Crippen LogP contribution is -2.44. The van der Waals surface area contributed by atoms with Crippen molar-refractivity contribution in [2.24, 2.45) is 5.92 Å². The molecule has 1 aliphatic rings. The first-order valence-electron chi connectivity index (χ1n) is 8.76. The van der Waals surface area contributed by atoms with Crippen molar-refractivity contribution in [1.82, 2.24) is 9.88 Å². The average molecular weight is 448 g/mol. The van der Waals surface area contributed by atoms with Crippen molar-refractivity contribution < 1.29 is 14.0 Å². The number of anilines is 2. The number of carbonyl (C=O) groups excluding carboxylic acids is 2. The zero-order valence-corrected chi connectivity index (χ0v) is 16.5. The van der Waals surface area contributed by atoms with E-state index in [1.807, 2.05) is 0 Å². The maximum absolute atomic E-state index is 13.3. The number of nitrogens with zero attached hydrogens (tertiary/aromatic N) is 2. The van der Waals surface area contributed by atoms with Crippen molar-refractivity contribution in [2.75, 3.05) is 23.7 Å². The standard InChI is InChI=1S/C19H19BrFN5O2/c20-14-11-13(4-5-15(14)21)24-18(22)17(27)12-6-9-26(10-7-12)19(28)25-16-3-1-2-8-23-16/h1-5,8,11-12H,6-7,9-10H2,(H2,22,24)(H,23,25,28). The minimum Gasteiger partial charge on any atom is -0.338 e. The van der Waals surface area contributed by atoms with Gasteiger partial charge < -0.3 is 10.2 Å². The molecule has 0 spiro atoms. The third-order valence-electron chi connectivity index (χ3n) is 4.49. The van der Waals surface area contributed by atoms with Gasteiger partial charge in [-0.3, -0.25) is 15.5 Å². The van der Waals surface area contributed by atoms with Crippen molar-refractivity contribution in [3.05, 3.63) is 52.9 Å². The number of nitrogens with one attached hydrogen (secondary N) is 3. The van der Waals surface area contributed by atoms with Crippen LogP contribution in [0, 0.1) is 17.1 Å². The number of ketones is 1. The largest absolute Gasteiger partial charge is 0.338 e. The lowest BCUT2D eigenvalue weighted by molar-refractivity contribution is -0.117. The molecule has 0 atom stereocenters. The molecule has 1 aliphatic heterocycles. The monoisotopic (exact) mass is 447 g/mol. The summed E-state index contributed by atoms with van der Waals surface area (Å²) in [6, 6.07) is 9.19. The maximum atomic E-state index is 13.3. The molecule has 0 bridgehead atoms. The van der Waals surface area contributed by atoms with E-state index in [-0.39, 0.29) is 28.0 Å². The summed E-state index contributed by atoms with van der Waals surface area (Å²) in [6.07, 6.45) is 2.55. The molecule has 0 aliphatic carbocycles. The molecule has 0 radical (unpaired) electrons. The number of halogens is 2. The molecule has 3 rings (SSSR count). The summed E-state index contributed by atoms with van der Waals surface area (Å²) in [7, 11) is 0. The molecule has 146 valence electrons. The Balaban J connectivity index is 1.50. The quantitative estimate of drug-likeness (QED) is 0.489. The molecular weight excluding hydrogens is 429 g/mol. The number of Topliss-reactive ketones (excluding diaryl/α,β-unsaturated/α-hetero) is 1. The van der Waals surface area contributed by atoms with Gasteiger partial charge in [-0.2, -0.15) is 0 Å². The van der Waals surface area contributed by atoms with Gasteiger partial charge in [-0.25, -0.2) is 14.2 Å². The summed E-state index contributed by atoms with van der Waals surface area (Å²) >= 11 is 3.08. The Bertz CT molecular complexity index is 885. The van der Waals surface area contributed by atoms with Crippen molar-refractivity contribution in [1.29, 1.82) is 5.41 Å². The smallest absolute Gasteiger partial charge is 0.323 e. The summed E-state index contributed by atoms with van der Waals surface area (Å²) in [4.78, 5) is 30.5. The molecule has 1 aromatic heterocycles. The third-order valence-corrected chi connectivity index (χ3v) is 5.10. The summed E-state index contributed by atoms with van der Waals surface area (Å²) in [5, 5.41) is 13.4. The van der Waals surface area contributed by atoms with E-state index >= 15 is 0 Å². The number of urea groups is 1. The Labute approximate surface area is 170 Å². The van der Waals surface area contributed by atoms with Crippen molar-refractivity contribution >= 4 is 45.1 Å². The van der Waals surface area contributed by atoms with E-state index in [1.165, 1.54) is 18.2 Å². The van der Waals surface area contributed by atoms with Gasteiger partial charge in [-0.15, -0.1) is 0 Å². The van der Waals surface area contributed by atoms with Gasteiger partial charge in [0.2, 0.25) is 5.78 Å². The zero-order chi connectivity index (χ0) is 20.1. The van der Waals surface area contributed by atoms with Crippen LogP contribution in [0.4, 0.5) is 20.7 Å². The van der Waals surface area contributed by atoms with E-state index in [0.717, 1.165) is 0 Å². The summed E-state index contributed by atoms with van der Waals surface area (Å²) < 4.78 is 13.5. The number of amidine groups is 1. The van der Waals surface area contributed by atoms with Crippen LogP contribution in [-0.4, -0.2) is 40.6 Å².